The average molecular weight is 235 g/mol. The largest absolute Gasteiger partial charge is 0.369 e. The van der Waals surface area contributed by atoms with Gasteiger partial charge in [0.25, 0.3) is 0 Å². The van der Waals surface area contributed by atoms with Gasteiger partial charge < -0.3 is 5.73 Å². The summed E-state index contributed by atoms with van der Waals surface area (Å²) in [6.07, 6.45) is 4.46. The Balaban J connectivity index is 2.40. The van der Waals surface area contributed by atoms with Crippen LogP contribution in [0.5, 0.6) is 0 Å². The monoisotopic (exact) mass is 235 g/mol. The van der Waals surface area contributed by atoms with Gasteiger partial charge in [0.15, 0.2) is 5.65 Å². The molecule has 94 valence electrons. The van der Waals surface area contributed by atoms with Crippen LogP contribution >= 0.6 is 0 Å². The highest BCUT2D eigenvalue weighted by Gasteiger charge is 2.16. The number of nitrogen functional groups attached to an aromatic ring is 1. The standard InChI is InChI=1S/C12H21N5/c1-4-6-7-8-17-11-10(14-12(17)13)9(5-2)15-16(11)3/h4-8H2,1-3H3,(H2,13,14). The van der Waals surface area contributed by atoms with Gasteiger partial charge in [-0.3, -0.25) is 9.25 Å². The molecular formula is C12H21N5. The van der Waals surface area contributed by atoms with Crippen LogP contribution in [-0.4, -0.2) is 19.3 Å². The number of unbranched alkanes of at least 4 members (excludes halogenated alkanes) is 2. The third kappa shape index (κ3) is 2.01. The molecule has 0 aromatic carbocycles. The molecule has 2 aromatic heterocycles. The topological polar surface area (TPSA) is 61.7 Å². The molecule has 0 amide bonds. The Morgan fingerprint density at radius 3 is 2.65 bits per heavy atom. The lowest BCUT2D eigenvalue weighted by atomic mass is 10.2. The molecule has 2 aromatic rings. The van der Waals surface area contributed by atoms with E-state index in [4.69, 9.17) is 5.73 Å². The zero-order valence-corrected chi connectivity index (χ0v) is 10.9. The third-order valence-electron chi connectivity index (χ3n) is 3.14. The summed E-state index contributed by atoms with van der Waals surface area (Å²) in [5, 5.41) is 4.48. The Bertz CT molecular complexity index is 508. The molecule has 0 spiro atoms. The summed E-state index contributed by atoms with van der Waals surface area (Å²) in [5.41, 5.74) is 9.03. The summed E-state index contributed by atoms with van der Waals surface area (Å²) in [6, 6.07) is 0. The minimum absolute atomic E-state index is 0.610. The van der Waals surface area contributed by atoms with E-state index in [2.05, 4.69) is 28.5 Å². The van der Waals surface area contributed by atoms with Gasteiger partial charge in [-0.05, 0) is 12.8 Å². The number of rotatable bonds is 5. The van der Waals surface area contributed by atoms with E-state index in [0.717, 1.165) is 36.2 Å². The highest BCUT2D eigenvalue weighted by atomic mass is 15.3. The second-order valence-electron chi connectivity index (χ2n) is 4.42. The first-order valence-corrected chi connectivity index (χ1v) is 6.36. The van der Waals surface area contributed by atoms with Gasteiger partial charge in [-0.25, -0.2) is 4.98 Å². The van der Waals surface area contributed by atoms with Crippen LogP contribution in [0.2, 0.25) is 0 Å². The first-order chi connectivity index (χ1) is 8.19. The van der Waals surface area contributed by atoms with Crippen molar-refractivity contribution in [1.82, 2.24) is 19.3 Å². The molecule has 0 fully saturated rings. The molecule has 2 rings (SSSR count). The number of hydrogen-bond donors (Lipinski definition) is 1. The lowest BCUT2D eigenvalue weighted by molar-refractivity contribution is 0.604. The maximum absolute atomic E-state index is 5.98. The number of aromatic nitrogens is 4. The molecule has 5 nitrogen and oxygen atoms in total. The minimum atomic E-state index is 0.610. The van der Waals surface area contributed by atoms with Crippen LogP contribution in [0.4, 0.5) is 5.95 Å². The normalized spacial score (nSPS) is 11.5. The minimum Gasteiger partial charge on any atom is -0.369 e. The van der Waals surface area contributed by atoms with Crippen molar-refractivity contribution in [3.63, 3.8) is 0 Å². The number of aryl methyl sites for hydroxylation is 3. The van der Waals surface area contributed by atoms with Gasteiger partial charge in [-0.15, -0.1) is 0 Å². The van der Waals surface area contributed by atoms with Crippen molar-refractivity contribution in [2.75, 3.05) is 5.73 Å². The number of imidazole rings is 1. The van der Waals surface area contributed by atoms with Crippen LogP contribution in [0.1, 0.15) is 38.8 Å². The van der Waals surface area contributed by atoms with Gasteiger partial charge in [0, 0.05) is 13.6 Å². The molecule has 17 heavy (non-hydrogen) atoms. The Hall–Kier alpha value is -1.52. The van der Waals surface area contributed by atoms with Gasteiger partial charge >= 0.3 is 0 Å². The molecule has 5 heteroatoms. The summed E-state index contributed by atoms with van der Waals surface area (Å²) < 4.78 is 3.97. The van der Waals surface area contributed by atoms with E-state index in [0.29, 0.717) is 5.95 Å². The first-order valence-electron chi connectivity index (χ1n) is 6.36. The predicted octanol–water partition coefficient (Wildman–Crippen LogP) is 2.10. The predicted molar refractivity (Wildman–Crippen MR) is 69.8 cm³/mol. The van der Waals surface area contributed by atoms with Crippen molar-refractivity contribution >= 4 is 17.1 Å². The van der Waals surface area contributed by atoms with E-state index in [9.17, 15) is 0 Å². The molecule has 0 radical (unpaired) electrons. The highest BCUT2D eigenvalue weighted by molar-refractivity contribution is 5.77. The average Bonchev–Trinajstić information content (AvgIpc) is 2.78. The summed E-state index contributed by atoms with van der Waals surface area (Å²) in [7, 11) is 1.96. The SMILES string of the molecule is CCCCCn1c(N)nc2c(CC)nn(C)c21. The van der Waals surface area contributed by atoms with Crippen LogP contribution in [0, 0.1) is 0 Å². The van der Waals surface area contributed by atoms with Gasteiger partial charge in [0.05, 0.1) is 5.69 Å². The number of fused-ring (bicyclic) bond motifs is 1. The molecule has 0 bridgehead atoms. The summed E-state index contributed by atoms with van der Waals surface area (Å²) in [4.78, 5) is 4.44. The third-order valence-corrected chi connectivity index (χ3v) is 3.14. The highest BCUT2D eigenvalue weighted by Crippen LogP contribution is 2.21. The van der Waals surface area contributed by atoms with E-state index in [-0.39, 0.29) is 0 Å². The molecule has 0 aliphatic carbocycles. The van der Waals surface area contributed by atoms with Crippen LogP contribution in [-0.2, 0) is 20.0 Å². The number of anilines is 1. The first kappa shape index (κ1) is 12.0. The second kappa shape index (κ2) is 4.77. The molecule has 0 atom stereocenters. The Morgan fingerprint density at radius 2 is 2.00 bits per heavy atom. The number of hydrogen-bond acceptors (Lipinski definition) is 3. The van der Waals surface area contributed by atoms with Crippen molar-refractivity contribution in [3.8, 4) is 0 Å². The molecule has 0 aliphatic heterocycles. The van der Waals surface area contributed by atoms with Gasteiger partial charge in [0.2, 0.25) is 5.95 Å². The lowest BCUT2D eigenvalue weighted by Gasteiger charge is -2.05. The molecule has 2 heterocycles. The van der Waals surface area contributed by atoms with Crippen LogP contribution in [0.3, 0.4) is 0 Å². The molecule has 0 unspecified atom stereocenters. The zero-order valence-electron chi connectivity index (χ0n) is 10.9. The fraction of sp³-hybridized carbons (Fsp3) is 0.667. The molecule has 0 saturated heterocycles. The van der Waals surface area contributed by atoms with Crippen LogP contribution in [0.25, 0.3) is 11.2 Å². The Kier molecular flexibility index (Phi) is 3.36. The fourth-order valence-electron chi connectivity index (χ4n) is 2.24. The van der Waals surface area contributed by atoms with E-state index >= 15 is 0 Å². The zero-order chi connectivity index (χ0) is 12.4. The van der Waals surface area contributed by atoms with E-state index < -0.39 is 0 Å². The molecule has 0 aliphatic rings. The molecule has 0 saturated carbocycles. The summed E-state index contributed by atoms with van der Waals surface area (Å²) in [5.74, 6) is 0.610. The summed E-state index contributed by atoms with van der Waals surface area (Å²) in [6.45, 7) is 5.22. The maximum Gasteiger partial charge on any atom is 0.202 e. The quantitative estimate of drug-likeness (QED) is 0.807. The smallest absolute Gasteiger partial charge is 0.202 e. The number of nitrogens with two attached hydrogens (primary N) is 1. The number of nitrogens with zero attached hydrogens (tertiary/aromatic N) is 4. The van der Waals surface area contributed by atoms with Crippen molar-refractivity contribution in [1.29, 1.82) is 0 Å². The lowest BCUT2D eigenvalue weighted by Crippen LogP contribution is -2.07. The van der Waals surface area contributed by atoms with Crippen molar-refractivity contribution in [3.05, 3.63) is 5.69 Å². The van der Waals surface area contributed by atoms with Gasteiger partial charge in [0.1, 0.15) is 5.52 Å². The van der Waals surface area contributed by atoms with E-state index in [1.807, 2.05) is 11.7 Å². The van der Waals surface area contributed by atoms with Crippen molar-refractivity contribution < 1.29 is 0 Å². The second-order valence-corrected chi connectivity index (χ2v) is 4.42. The Morgan fingerprint density at radius 1 is 1.24 bits per heavy atom. The van der Waals surface area contributed by atoms with Crippen LogP contribution in [0.15, 0.2) is 0 Å². The summed E-state index contributed by atoms with van der Waals surface area (Å²) >= 11 is 0. The van der Waals surface area contributed by atoms with Crippen LogP contribution < -0.4 is 5.73 Å². The molecular weight excluding hydrogens is 214 g/mol. The van der Waals surface area contributed by atoms with Gasteiger partial charge in [-0.1, -0.05) is 26.7 Å². The van der Waals surface area contributed by atoms with Gasteiger partial charge in [-0.2, -0.15) is 5.10 Å². The molecule has 2 N–H and O–H groups in total. The Labute approximate surface area is 102 Å². The van der Waals surface area contributed by atoms with E-state index in [1.165, 1.54) is 12.8 Å². The van der Waals surface area contributed by atoms with Crippen molar-refractivity contribution in [2.24, 2.45) is 7.05 Å². The fourth-order valence-corrected chi connectivity index (χ4v) is 2.24. The van der Waals surface area contributed by atoms with E-state index in [1.54, 1.807) is 0 Å². The van der Waals surface area contributed by atoms with Crippen molar-refractivity contribution in [2.45, 2.75) is 46.1 Å². The maximum atomic E-state index is 5.98.